The zero-order valence-electron chi connectivity index (χ0n) is 9.44. The first kappa shape index (κ1) is 84.0. The molecule has 0 rings (SSSR count). The van der Waals surface area contributed by atoms with Gasteiger partial charge in [0.1, 0.15) is 0 Å². The second-order valence-corrected chi connectivity index (χ2v) is 2.29. The fraction of sp³-hybridized carbons (Fsp3) is 0.538. The van der Waals surface area contributed by atoms with Crippen molar-refractivity contribution in [2.24, 2.45) is 0 Å². The highest BCUT2D eigenvalue weighted by Crippen LogP contribution is 1.90. The lowest BCUT2D eigenvalue weighted by molar-refractivity contribution is -0.178. The molecule has 0 unspecified atom stereocenters. The first-order valence-electron chi connectivity index (χ1n) is 3.33. The van der Waals surface area contributed by atoms with E-state index in [2.05, 4.69) is 23.0 Å². The van der Waals surface area contributed by atoms with Crippen LogP contribution >= 0.6 is 0 Å². The molecule has 0 aromatic heterocycles. The predicted octanol–water partition coefficient (Wildman–Crippen LogP) is 5.77. The first-order chi connectivity index (χ1) is 6.36. The van der Waals surface area contributed by atoms with Crippen LogP contribution in [0.3, 0.4) is 0 Å². The summed E-state index contributed by atoms with van der Waals surface area (Å²) < 4.78 is 21.5. The SMILES string of the molecule is C.C.C.C.C.C=C(C)C(=O)OF.C=C(C)C(=O)OF.F.F.F.F. The number of hydrogen-bond acceptors (Lipinski definition) is 4. The van der Waals surface area contributed by atoms with Crippen LogP contribution in [0.1, 0.15) is 51.0 Å². The number of carbonyl (C=O) groups excluding carboxylic acids is 2. The zero-order chi connectivity index (χ0) is 11.7. The smallest absolute Gasteiger partial charge is 0.269 e. The molecule has 0 aliphatic carbocycles. The highest BCUT2D eigenvalue weighted by Gasteiger charge is 2.00. The molecule has 0 N–H and O–H groups in total. The minimum Gasteiger partial charge on any atom is -0.269 e. The molecule has 0 bridgehead atoms. The molecule has 0 aliphatic heterocycles. The summed E-state index contributed by atoms with van der Waals surface area (Å²) in [5, 5.41) is 0. The van der Waals surface area contributed by atoms with E-state index in [4.69, 9.17) is 0 Å². The molecular weight excluding hydrogens is 334 g/mol. The quantitative estimate of drug-likeness (QED) is 0.458. The Balaban J connectivity index is -0.00000001000. The molecule has 0 fully saturated rings. The molecule has 0 atom stereocenters. The fourth-order valence-electron chi connectivity index (χ4n) is 0.132. The number of hydrogen-bond donors (Lipinski definition) is 0. The maximum atomic E-state index is 10.7. The van der Waals surface area contributed by atoms with Gasteiger partial charge in [-0.3, -0.25) is 18.8 Å². The third-order valence-corrected chi connectivity index (χ3v) is 0.837. The molecule has 0 saturated carbocycles. The Kier molecular flexibility index (Phi) is 183. The Hall–Kier alpha value is -2.00. The predicted molar refractivity (Wildman–Crippen MR) is 87.7 cm³/mol. The zero-order valence-corrected chi connectivity index (χ0v) is 9.44. The average molecular weight is 368 g/mol. The van der Waals surface area contributed by atoms with Crippen LogP contribution in [-0.2, 0) is 19.5 Å². The standard InChI is InChI=1S/2C4H5FO2.5CH4.4FH/c2*1-3(2)4(6)7-5;;;;;;;;;/h2*1H2,2H3;5*1H4;4*1H. The summed E-state index contributed by atoms with van der Waals surface area (Å²) in [5.41, 5.74) is 0.116. The van der Waals surface area contributed by atoms with Crippen LogP contribution in [0.2, 0.25) is 0 Å². The lowest BCUT2D eigenvalue weighted by atomic mass is 10.4. The van der Waals surface area contributed by atoms with E-state index in [9.17, 15) is 18.6 Å². The van der Waals surface area contributed by atoms with E-state index in [1.54, 1.807) is 0 Å². The van der Waals surface area contributed by atoms with Crippen molar-refractivity contribution in [2.75, 3.05) is 0 Å². The molecular formula is C13H34F6O4. The molecule has 0 aliphatic rings. The van der Waals surface area contributed by atoms with Crippen molar-refractivity contribution >= 4 is 11.9 Å². The van der Waals surface area contributed by atoms with Gasteiger partial charge in [-0.15, -0.1) is 0 Å². The van der Waals surface area contributed by atoms with Gasteiger partial charge in [-0.1, -0.05) is 50.3 Å². The highest BCUT2D eigenvalue weighted by molar-refractivity contribution is 5.86. The van der Waals surface area contributed by atoms with Gasteiger partial charge in [0.2, 0.25) is 0 Å². The van der Waals surface area contributed by atoms with Crippen molar-refractivity contribution in [3.05, 3.63) is 24.3 Å². The van der Waals surface area contributed by atoms with Crippen LogP contribution < -0.4 is 0 Å². The third kappa shape index (κ3) is 64.8. The van der Waals surface area contributed by atoms with E-state index in [1.807, 2.05) is 0 Å². The van der Waals surface area contributed by atoms with E-state index in [0.717, 1.165) is 0 Å². The first-order valence-corrected chi connectivity index (χ1v) is 3.33. The van der Waals surface area contributed by atoms with E-state index in [-0.39, 0.29) is 67.1 Å². The van der Waals surface area contributed by atoms with Crippen molar-refractivity contribution in [1.29, 1.82) is 0 Å². The lowest BCUT2D eigenvalue weighted by Gasteiger charge is -1.84. The number of carbonyl (C=O) groups is 2. The van der Waals surface area contributed by atoms with E-state index in [0.29, 0.717) is 0 Å². The van der Waals surface area contributed by atoms with Crippen molar-refractivity contribution in [3.63, 3.8) is 0 Å². The van der Waals surface area contributed by atoms with Gasteiger partial charge >= 0.3 is 11.9 Å². The Morgan fingerprint density at radius 1 is 0.652 bits per heavy atom. The van der Waals surface area contributed by atoms with Crippen LogP contribution in [0.15, 0.2) is 24.3 Å². The molecule has 10 heteroatoms. The van der Waals surface area contributed by atoms with Gasteiger partial charge in [-0.2, -0.15) is 0 Å². The van der Waals surface area contributed by atoms with Gasteiger partial charge in [0.05, 0.1) is 0 Å². The molecule has 0 aromatic rings. The van der Waals surface area contributed by atoms with Gasteiger partial charge in [0.15, 0.2) is 0 Å². The topological polar surface area (TPSA) is 52.6 Å². The maximum Gasteiger partial charge on any atom is 0.374 e. The number of halogens is 6. The highest BCUT2D eigenvalue weighted by atomic mass is 19.3. The van der Waals surface area contributed by atoms with Gasteiger partial charge in [0.25, 0.3) is 0 Å². The van der Waals surface area contributed by atoms with Crippen molar-refractivity contribution in [3.8, 4) is 0 Å². The Labute approximate surface area is 135 Å². The molecule has 23 heavy (non-hydrogen) atoms. The Morgan fingerprint density at radius 3 is 0.783 bits per heavy atom. The molecule has 0 spiro atoms. The molecule has 152 valence electrons. The van der Waals surface area contributed by atoms with Crippen molar-refractivity contribution < 1.29 is 47.3 Å². The molecule has 0 heterocycles. The Bertz CT molecular complexity index is 235. The summed E-state index contributed by atoms with van der Waals surface area (Å²) in [6.45, 7) is 8.95. The second kappa shape index (κ2) is 50.1. The molecule has 4 nitrogen and oxygen atoms in total. The molecule has 0 saturated heterocycles. The summed E-state index contributed by atoms with van der Waals surface area (Å²) >= 11 is 0. The molecule has 0 amide bonds. The summed E-state index contributed by atoms with van der Waals surface area (Å²) in [7, 11) is 0. The largest absolute Gasteiger partial charge is 0.374 e. The summed E-state index contributed by atoms with van der Waals surface area (Å²) in [5.74, 6) is -2.03. The summed E-state index contributed by atoms with van der Waals surface area (Å²) in [6.07, 6.45) is 0. The van der Waals surface area contributed by atoms with E-state index in [1.165, 1.54) is 13.8 Å². The maximum absolute atomic E-state index is 10.7. The third-order valence-electron chi connectivity index (χ3n) is 0.837. The van der Waals surface area contributed by atoms with E-state index >= 15 is 0 Å². The van der Waals surface area contributed by atoms with Crippen LogP contribution in [0, 0.1) is 0 Å². The minimum atomic E-state index is -1.01. The van der Waals surface area contributed by atoms with Gasteiger partial charge in [-0.05, 0) is 13.8 Å². The Morgan fingerprint density at radius 2 is 0.783 bits per heavy atom. The van der Waals surface area contributed by atoms with Crippen molar-refractivity contribution in [2.45, 2.75) is 51.0 Å². The summed E-state index contributed by atoms with van der Waals surface area (Å²) in [6, 6.07) is 0. The minimum absolute atomic E-state index is 0. The van der Waals surface area contributed by atoms with Crippen LogP contribution in [0.25, 0.3) is 0 Å². The fourth-order valence-corrected chi connectivity index (χ4v) is 0.132. The average Bonchev–Trinajstić information content (AvgIpc) is 2.15. The lowest BCUT2D eigenvalue weighted by Crippen LogP contribution is -1.95. The van der Waals surface area contributed by atoms with Gasteiger partial charge in [0, 0.05) is 20.2 Å². The van der Waals surface area contributed by atoms with Gasteiger partial charge < -0.3 is 0 Å². The normalized spacial score (nSPS) is 4.70. The number of rotatable bonds is 2. The molecule has 0 radical (unpaired) electrons. The van der Waals surface area contributed by atoms with Crippen LogP contribution in [0.4, 0.5) is 27.9 Å². The second-order valence-electron chi connectivity index (χ2n) is 2.29. The molecule has 0 aromatic carbocycles. The monoisotopic (exact) mass is 368 g/mol. The van der Waals surface area contributed by atoms with Crippen molar-refractivity contribution in [1.82, 2.24) is 0 Å². The van der Waals surface area contributed by atoms with E-state index < -0.39 is 11.9 Å². The van der Waals surface area contributed by atoms with Crippen LogP contribution in [-0.4, -0.2) is 11.9 Å². The summed E-state index contributed by atoms with van der Waals surface area (Å²) in [4.78, 5) is 25.2. The van der Waals surface area contributed by atoms with Gasteiger partial charge in [-0.25, -0.2) is 19.5 Å². The van der Waals surface area contributed by atoms with Crippen LogP contribution in [0.5, 0.6) is 0 Å².